The molecule has 1 saturated carbocycles. The van der Waals surface area contributed by atoms with Gasteiger partial charge in [0, 0.05) is 17.5 Å². The Kier molecular flexibility index (Phi) is 5.78. The molecule has 2 aromatic carbocycles. The van der Waals surface area contributed by atoms with E-state index in [4.69, 9.17) is 0 Å². The molecule has 132 valence electrons. The first-order valence-corrected chi connectivity index (χ1v) is 10.6. The van der Waals surface area contributed by atoms with Gasteiger partial charge >= 0.3 is 0 Å². The fraction of sp³-hybridized carbons (Fsp3) is 0.278. The highest BCUT2D eigenvalue weighted by Gasteiger charge is 2.27. The molecule has 0 unspecified atom stereocenters. The third kappa shape index (κ3) is 5.59. The van der Waals surface area contributed by atoms with Crippen molar-refractivity contribution >= 4 is 27.7 Å². The van der Waals surface area contributed by atoms with E-state index in [0.717, 1.165) is 23.3 Å². The number of carbonyl (C=O) groups is 1. The average Bonchev–Trinajstić information content (AvgIpc) is 3.43. The molecule has 0 aromatic heterocycles. The Bertz CT molecular complexity index is 817. The molecule has 2 N–H and O–H groups in total. The van der Waals surface area contributed by atoms with Crippen molar-refractivity contribution in [3.8, 4) is 0 Å². The lowest BCUT2D eigenvalue weighted by atomic mass is 10.2. The smallest absolute Gasteiger partial charge is 0.240 e. The summed E-state index contributed by atoms with van der Waals surface area (Å²) in [6.45, 7) is 0.380. The number of thioether (sulfide) groups is 1. The van der Waals surface area contributed by atoms with E-state index in [-0.39, 0.29) is 16.8 Å². The second kappa shape index (κ2) is 8.03. The first-order valence-electron chi connectivity index (χ1n) is 8.09. The third-order valence-corrected chi connectivity index (χ3v) is 6.28. The van der Waals surface area contributed by atoms with Crippen LogP contribution in [0.15, 0.2) is 64.4 Å². The SMILES string of the molecule is O=C(CSc1ccccc1)NCc1ccc(S(=O)(=O)NC2CC2)cc1. The van der Waals surface area contributed by atoms with Gasteiger partial charge in [-0.15, -0.1) is 11.8 Å². The van der Waals surface area contributed by atoms with Crippen LogP contribution in [0.4, 0.5) is 0 Å². The first-order chi connectivity index (χ1) is 12.0. The lowest BCUT2D eigenvalue weighted by molar-refractivity contribution is -0.118. The molecule has 0 saturated heterocycles. The molecule has 1 aliphatic rings. The van der Waals surface area contributed by atoms with Gasteiger partial charge in [-0.3, -0.25) is 4.79 Å². The predicted molar refractivity (Wildman–Crippen MR) is 98.8 cm³/mol. The van der Waals surface area contributed by atoms with Crippen molar-refractivity contribution in [2.75, 3.05) is 5.75 Å². The molecule has 5 nitrogen and oxygen atoms in total. The average molecular weight is 377 g/mol. The minimum absolute atomic E-state index is 0.0547. The summed E-state index contributed by atoms with van der Waals surface area (Å²) in [4.78, 5) is 13.2. The zero-order chi connectivity index (χ0) is 17.7. The minimum atomic E-state index is -3.43. The quantitative estimate of drug-likeness (QED) is 0.694. The molecule has 2 aromatic rings. The van der Waals surface area contributed by atoms with E-state index in [1.54, 1.807) is 24.3 Å². The summed E-state index contributed by atoms with van der Waals surface area (Å²) in [5.41, 5.74) is 0.864. The maximum atomic E-state index is 12.1. The number of hydrogen-bond donors (Lipinski definition) is 2. The summed E-state index contributed by atoms with van der Waals surface area (Å²) in [6, 6.07) is 16.4. The molecule has 25 heavy (non-hydrogen) atoms. The Morgan fingerprint density at radius 1 is 1.04 bits per heavy atom. The van der Waals surface area contributed by atoms with Crippen molar-refractivity contribution in [2.24, 2.45) is 0 Å². The Hall–Kier alpha value is -1.83. The Morgan fingerprint density at radius 2 is 1.72 bits per heavy atom. The number of carbonyl (C=O) groups excluding carboxylic acids is 1. The lowest BCUT2D eigenvalue weighted by Gasteiger charge is -2.08. The second-order valence-corrected chi connectivity index (χ2v) is 8.68. The van der Waals surface area contributed by atoms with E-state index in [2.05, 4.69) is 10.0 Å². The summed E-state index contributed by atoms with van der Waals surface area (Å²) >= 11 is 1.48. The molecule has 7 heteroatoms. The molecule has 0 aliphatic heterocycles. The highest BCUT2D eigenvalue weighted by Crippen LogP contribution is 2.22. The molecule has 0 bridgehead atoms. The number of nitrogens with one attached hydrogen (secondary N) is 2. The van der Waals surface area contributed by atoms with Gasteiger partial charge in [-0.05, 0) is 42.7 Å². The van der Waals surface area contributed by atoms with Crippen molar-refractivity contribution in [3.63, 3.8) is 0 Å². The number of rotatable bonds is 8. The van der Waals surface area contributed by atoms with E-state index in [9.17, 15) is 13.2 Å². The van der Waals surface area contributed by atoms with Gasteiger partial charge in [-0.1, -0.05) is 30.3 Å². The molecule has 0 heterocycles. The summed E-state index contributed by atoms with van der Waals surface area (Å²) in [5, 5.41) is 2.84. The molecular weight excluding hydrogens is 356 g/mol. The normalized spacial score (nSPS) is 14.2. The van der Waals surface area contributed by atoms with Crippen LogP contribution >= 0.6 is 11.8 Å². The molecule has 1 amide bonds. The van der Waals surface area contributed by atoms with Crippen LogP contribution < -0.4 is 10.0 Å². The van der Waals surface area contributed by atoms with Crippen LogP contribution in [0, 0.1) is 0 Å². The summed E-state index contributed by atoms with van der Waals surface area (Å²) in [7, 11) is -3.43. The maximum Gasteiger partial charge on any atom is 0.240 e. The predicted octanol–water partition coefficient (Wildman–Crippen LogP) is 2.54. The van der Waals surface area contributed by atoms with E-state index < -0.39 is 10.0 Å². The highest BCUT2D eigenvalue weighted by atomic mass is 32.2. The molecule has 0 radical (unpaired) electrons. The summed E-state index contributed by atoms with van der Waals surface area (Å²) in [5.74, 6) is 0.294. The van der Waals surface area contributed by atoms with Crippen LogP contribution in [0.3, 0.4) is 0 Å². The van der Waals surface area contributed by atoms with E-state index in [1.807, 2.05) is 30.3 Å². The Balaban J connectivity index is 1.47. The Labute approximate surface area is 152 Å². The van der Waals surface area contributed by atoms with Crippen LogP contribution in [-0.2, 0) is 21.4 Å². The Morgan fingerprint density at radius 3 is 2.36 bits per heavy atom. The molecule has 1 fully saturated rings. The third-order valence-electron chi connectivity index (χ3n) is 3.74. The first kappa shape index (κ1) is 18.0. The molecule has 0 atom stereocenters. The number of sulfonamides is 1. The van der Waals surface area contributed by atoms with Gasteiger partial charge < -0.3 is 5.32 Å². The zero-order valence-corrected chi connectivity index (χ0v) is 15.3. The molecule has 1 aliphatic carbocycles. The number of amides is 1. The fourth-order valence-corrected chi connectivity index (χ4v) is 4.25. The zero-order valence-electron chi connectivity index (χ0n) is 13.6. The monoisotopic (exact) mass is 376 g/mol. The van der Waals surface area contributed by atoms with Gasteiger partial charge in [0.25, 0.3) is 0 Å². The van der Waals surface area contributed by atoms with Crippen LogP contribution in [0.5, 0.6) is 0 Å². The van der Waals surface area contributed by atoms with Gasteiger partial charge in [0.1, 0.15) is 0 Å². The van der Waals surface area contributed by atoms with Crippen molar-refractivity contribution in [1.82, 2.24) is 10.0 Å². The van der Waals surface area contributed by atoms with E-state index in [0.29, 0.717) is 12.3 Å². The summed E-state index contributed by atoms with van der Waals surface area (Å²) < 4.78 is 26.8. The van der Waals surface area contributed by atoms with Gasteiger partial charge in [-0.25, -0.2) is 13.1 Å². The van der Waals surface area contributed by atoms with Crippen LogP contribution in [-0.4, -0.2) is 26.1 Å². The van der Waals surface area contributed by atoms with Gasteiger partial charge in [0.2, 0.25) is 15.9 Å². The summed E-state index contributed by atoms with van der Waals surface area (Å²) in [6.07, 6.45) is 1.81. The maximum absolute atomic E-state index is 12.1. The van der Waals surface area contributed by atoms with Crippen molar-refractivity contribution in [1.29, 1.82) is 0 Å². The van der Waals surface area contributed by atoms with Crippen molar-refractivity contribution in [2.45, 2.75) is 35.2 Å². The van der Waals surface area contributed by atoms with Gasteiger partial charge in [0.15, 0.2) is 0 Å². The van der Waals surface area contributed by atoms with Gasteiger partial charge in [0.05, 0.1) is 10.6 Å². The topological polar surface area (TPSA) is 75.3 Å². The minimum Gasteiger partial charge on any atom is -0.351 e. The number of benzene rings is 2. The van der Waals surface area contributed by atoms with Crippen LogP contribution in [0.25, 0.3) is 0 Å². The van der Waals surface area contributed by atoms with Crippen LogP contribution in [0.1, 0.15) is 18.4 Å². The van der Waals surface area contributed by atoms with Crippen LogP contribution in [0.2, 0.25) is 0 Å². The highest BCUT2D eigenvalue weighted by molar-refractivity contribution is 8.00. The lowest BCUT2D eigenvalue weighted by Crippen LogP contribution is -2.26. The molecule has 3 rings (SSSR count). The second-order valence-electron chi connectivity index (χ2n) is 5.92. The van der Waals surface area contributed by atoms with Crippen molar-refractivity contribution < 1.29 is 13.2 Å². The fourth-order valence-electron chi connectivity index (χ4n) is 2.19. The van der Waals surface area contributed by atoms with E-state index >= 15 is 0 Å². The number of hydrogen-bond acceptors (Lipinski definition) is 4. The van der Waals surface area contributed by atoms with Crippen molar-refractivity contribution in [3.05, 3.63) is 60.2 Å². The van der Waals surface area contributed by atoms with E-state index in [1.165, 1.54) is 11.8 Å². The van der Waals surface area contributed by atoms with Gasteiger partial charge in [-0.2, -0.15) is 0 Å². The molecular formula is C18H20N2O3S2. The largest absolute Gasteiger partial charge is 0.351 e. The standard InChI is InChI=1S/C18H20N2O3S2/c21-18(13-24-16-4-2-1-3-5-16)19-12-14-6-10-17(11-7-14)25(22,23)20-15-8-9-15/h1-7,10-11,15,20H,8-9,12-13H2,(H,19,21). The molecule has 0 spiro atoms.